The molecule has 2 unspecified atom stereocenters. The molecule has 0 spiro atoms. The molecule has 90 valence electrons. The third kappa shape index (κ3) is 2.41. The summed E-state index contributed by atoms with van der Waals surface area (Å²) in [5.74, 6) is -1.10. The molecule has 1 fully saturated rings. The minimum Gasteiger partial charge on any atom is -0.458 e. The summed E-state index contributed by atoms with van der Waals surface area (Å²) in [6.07, 6.45) is -0.372. The zero-order chi connectivity index (χ0) is 12.3. The van der Waals surface area contributed by atoms with Crippen LogP contribution in [-0.4, -0.2) is 24.5 Å². The number of hydroxylamine groups is 1. The topological polar surface area (TPSA) is 64.6 Å². The largest absolute Gasteiger partial charge is 0.458 e. The van der Waals surface area contributed by atoms with Gasteiger partial charge in [-0.2, -0.15) is 0 Å². The number of cyclic esters (lactones) is 1. The van der Waals surface area contributed by atoms with Crippen molar-refractivity contribution >= 4 is 11.8 Å². The molecule has 5 heteroatoms. The van der Waals surface area contributed by atoms with Gasteiger partial charge in [0.05, 0.1) is 18.2 Å². The Hall–Kier alpha value is -1.36. The molecule has 5 nitrogen and oxygen atoms in total. The average molecular weight is 227 g/mol. The number of hydrogen-bond donors (Lipinski definition) is 1. The number of nitrogens with one attached hydrogen (secondary N) is 1. The lowest BCUT2D eigenvalue weighted by Gasteiger charge is -2.27. The zero-order valence-corrected chi connectivity index (χ0v) is 9.99. The average Bonchev–Trinajstić information content (AvgIpc) is 2.23. The monoisotopic (exact) mass is 227 g/mol. The Kier molecular flexibility index (Phi) is 4.06. The summed E-state index contributed by atoms with van der Waals surface area (Å²) < 4.78 is 5.07. The Morgan fingerprint density at radius 1 is 1.44 bits per heavy atom. The van der Waals surface area contributed by atoms with Gasteiger partial charge >= 0.3 is 5.97 Å². The SMILES string of the molecule is CCONC(C)=C1C(=O)OC(C)C(C)C1=O. The van der Waals surface area contributed by atoms with Gasteiger partial charge in [0.2, 0.25) is 0 Å². The molecule has 0 saturated carbocycles. The van der Waals surface area contributed by atoms with Gasteiger partial charge in [-0.15, -0.1) is 0 Å². The van der Waals surface area contributed by atoms with Crippen LogP contribution >= 0.6 is 0 Å². The van der Waals surface area contributed by atoms with Crippen LogP contribution in [0.2, 0.25) is 0 Å². The predicted molar refractivity (Wildman–Crippen MR) is 57.2 cm³/mol. The zero-order valence-electron chi connectivity index (χ0n) is 9.99. The van der Waals surface area contributed by atoms with Gasteiger partial charge in [0.15, 0.2) is 5.78 Å². The number of rotatable bonds is 3. The molecule has 0 aromatic heterocycles. The summed E-state index contributed by atoms with van der Waals surface area (Å²) in [4.78, 5) is 28.4. The van der Waals surface area contributed by atoms with Gasteiger partial charge in [-0.1, -0.05) is 6.92 Å². The van der Waals surface area contributed by atoms with Crippen LogP contribution in [0.15, 0.2) is 11.3 Å². The Bertz CT molecular complexity index is 335. The van der Waals surface area contributed by atoms with Crippen molar-refractivity contribution in [2.24, 2.45) is 5.92 Å². The maximum atomic E-state index is 11.9. The molecule has 0 aromatic carbocycles. The number of ketones is 1. The van der Waals surface area contributed by atoms with E-state index in [0.717, 1.165) is 0 Å². The molecule has 1 aliphatic rings. The lowest BCUT2D eigenvalue weighted by atomic mass is 9.91. The van der Waals surface area contributed by atoms with E-state index in [1.165, 1.54) is 0 Å². The Morgan fingerprint density at radius 3 is 2.62 bits per heavy atom. The highest BCUT2D eigenvalue weighted by Gasteiger charge is 2.37. The highest BCUT2D eigenvalue weighted by Crippen LogP contribution is 2.23. The van der Waals surface area contributed by atoms with Crippen molar-refractivity contribution in [3.05, 3.63) is 11.3 Å². The van der Waals surface area contributed by atoms with E-state index in [1.54, 1.807) is 27.7 Å². The molecular formula is C11H17NO4. The van der Waals surface area contributed by atoms with E-state index in [9.17, 15) is 9.59 Å². The predicted octanol–water partition coefficient (Wildman–Crippen LogP) is 0.952. The quantitative estimate of drug-likeness (QED) is 0.336. The summed E-state index contributed by atoms with van der Waals surface area (Å²) in [6, 6.07) is 0. The smallest absolute Gasteiger partial charge is 0.343 e. The fourth-order valence-electron chi connectivity index (χ4n) is 1.44. The molecule has 16 heavy (non-hydrogen) atoms. The molecule has 0 aliphatic carbocycles. The van der Waals surface area contributed by atoms with E-state index in [2.05, 4.69) is 5.48 Å². The maximum Gasteiger partial charge on any atom is 0.343 e. The molecule has 1 heterocycles. The first-order valence-electron chi connectivity index (χ1n) is 5.32. The fraction of sp³-hybridized carbons (Fsp3) is 0.636. The standard InChI is InChI=1S/C11H17NO4/c1-5-15-12-7(3)9-10(13)6(2)8(4)16-11(9)14/h6,8,12H,5H2,1-4H3. The highest BCUT2D eigenvalue weighted by atomic mass is 16.6. The number of hydrogen-bond acceptors (Lipinski definition) is 5. The summed E-state index contributed by atoms with van der Waals surface area (Å²) in [5.41, 5.74) is 3.01. The van der Waals surface area contributed by atoms with E-state index >= 15 is 0 Å². The molecule has 2 atom stereocenters. The first-order chi connectivity index (χ1) is 7.49. The Labute approximate surface area is 94.7 Å². The van der Waals surface area contributed by atoms with Crippen LogP contribution in [0.4, 0.5) is 0 Å². The maximum absolute atomic E-state index is 11.9. The molecule has 1 aliphatic heterocycles. The van der Waals surface area contributed by atoms with Crippen LogP contribution in [-0.2, 0) is 19.2 Å². The number of Topliss-reactive ketones (excluding diaryl/α,β-unsaturated/α-hetero) is 1. The van der Waals surface area contributed by atoms with Crippen molar-refractivity contribution in [1.82, 2.24) is 5.48 Å². The van der Waals surface area contributed by atoms with Crippen LogP contribution in [0.3, 0.4) is 0 Å². The minimum absolute atomic E-state index is 0.0547. The first kappa shape index (κ1) is 12.7. The van der Waals surface area contributed by atoms with E-state index in [1.807, 2.05) is 0 Å². The van der Waals surface area contributed by atoms with Crippen molar-refractivity contribution in [2.45, 2.75) is 33.8 Å². The second kappa shape index (κ2) is 5.12. The minimum atomic E-state index is -0.583. The summed E-state index contributed by atoms with van der Waals surface area (Å²) in [6.45, 7) is 7.32. The summed E-state index contributed by atoms with van der Waals surface area (Å²) >= 11 is 0. The molecule has 0 amide bonds. The number of allylic oxidation sites excluding steroid dienone is 1. The van der Waals surface area contributed by atoms with Gasteiger partial charge in [-0.05, 0) is 20.8 Å². The van der Waals surface area contributed by atoms with E-state index in [4.69, 9.17) is 9.57 Å². The molecular weight excluding hydrogens is 210 g/mol. The van der Waals surface area contributed by atoms with Crippen molar-refractivity contribution in [3.63, 3.8) is 0 Å². The number of carbonyl (C=O) groups is 2. The summed E-state index contributed by atoms with van der Waals surface area (Å²) in [7, 11) is 0. The van der Waals surface area contributed by atoms with Crippen LogP contribution < -0.4 is 5.48 Å². The third-order valence-corrected chi connectivity index (χ3v) is 2.61. The van der Waals surface area contributed by atoms with Gasteiger partial charge in [0.25, 0.3) is 0 Å². The van der Waals surface area contributed by atoms with Crippen LogP contribution in [0, 0.1) is 5.92 Å². The lowest BCUT2D eigenvalue weighted by molar-refractivity contribution is -0.154. The van der Waals surface area contributed by atoms with E-state index in [0.29, 0.717) is 12.3 Å². The first-order valence-corrected chi connectivity index (χ1v) is 5.32. The molecule has 1 saturated heterocycles. The lowest BCUT2D eigenvalue weighted by Crippen LogP contribution is -2.39. The second-order valence-corrected chi connectivity index (χ2v) is 3.80. The molecule has 1 rings (SSSR count). The molecule has 0 radical (unpaired) electrons. The van der Waals surface area contributed by atoms with Gasteiger partial charge in [0.1, 0.15) is 11.7 Å². The summed E-state index contributed by atoms with van der Waals surface area (Å²) in [5, 5.41) is 0. The van der Waals surface area contributed by atoms with Crippen molar-refractivity contribution in [3.8, 4) is 0 Å². The fourth-order valence-corrected chi connectivity index (χ4v) is 1.44. The van der Waals surface area contributed by atoms with Gasteiger partial charge in [-0.25, -0.2) is 4.79 Å². The normalized spacial score (nSPS) is 28.8. The van der Waals surface area contributed by atoms with Crippen molar-refractivity contribution in [2.75, 3.05) is 6.61 Å². The number of esters is 1. The van der Waals surface area contributed by atoms with Crippen LogP contribution in [0.1, 0.15) is 27.7 Å². The van der Waals surface area contributed by atoms with Crippen molar-refractivity contribution < 1.29 is 19.2 Å². The molecule has 0 bridgehead atoms. The number of ether oxygens (including phenoxy) is 1. The van der Waals surface area contributed by atoms with Gasteiger partial charge in [0, 0.05) is 0 Å². The number of carbonyl (C=O) groups excluding carboxylic acids is 2. The van der Waals surface area contributed by atoms with E-state index in [-0.39, 0.29) is 23.4 Å². The highest BCUT2D eigenvalue weighted by molar-refractivity contribution is 6.20. The van der Waals surface area contributed by atoms with Crippen LogP contribution in [0.5, 0.6) is 0 Å². The van der Waals surface area contributed by atoms with Gasteiger partial charge < -0.3 is 4.74 Å². The third-order valence-electron chi connectivity index (χ3n) is 2.61. The Balaban J connectivity index is 2.93. The Morgan fingerprint density at radius 2 is 2.06 bits per heavy atom. The molecule has 0 aromatic rings. The van der Waals surface area contributed by atoms with Gasteiger partial charge in [-0.3, -0.25) is 15.1 Å². The van der Waals surface area contributed by atoms with E-state index < -0.39 is 5.97 Å². The second-order valence-electron chi connectivity index (χ2n) is 3.80. The van der Waals surface area contributed by atoms with Crippen molar-refractivity contribution in [1.29, 1.82) is 0 Å². The van der Waals surface area contributed by atoms with Crippen LogP contribution in [0.25, 0.3) is 0 Å². The molecule has 1 N–H and O–H groups in total.